The van der Waals surface area contributed by atoms with E-state index < -0.39 is 19.2 Å². The highest BCUT2D eigenvalue weighted by atomic mass is 35.7. The van der Waals surface area contributed by atoms with Crippen LogP contribution in [0.25, 0.3) is 0 Å². The van der Waals surface area contributed by atoms with Gasteiger partial charge in [-0.15, -0.1) is 12.4 Å². The first kappa shape index (κ1) is 60.9. The zero-order valence-corrected chi connectivity index (χ0v) is 37.6. The van der Waals surface area contributed by atoms with E-state index in [0.29, 0.717) is 37.4 Å². The van der Waals surface area contributed by atoms with Crippen LogP contribution in [0, 0.1) is 0 Å². The van der Waals surface area contributed by atoms with Crippen molar-refractivity contribution < 1.29 is 59.9 Å². The van der Waals surface area contributed by atoms with Gasteiger partial charge in [-0.25, -0.2) is 8.42 Å². The van der Waals surface area contributed by atoms with E-state index in [-0.39, 0.29) is 37.2 Å². The number of likely N-dealkylation sites (N-methyl/N-ethyl adjacent to an activating group) is 2. The molecule has 16 heteroatoms. The van der Waals surface area contributed by atoms with Crippen LogP contribution >= 0.6 is 23.1 Å². The lowest BCUT2D eigenvalue weighted by atomic mass is 10.2. The Balaban J connectivity index is -0.000000116. The van der Waals surface area contributed by atoms with Crippen molar-refractivity contribution in [2.45, 2.75) is 119 Å². The molecule has 0 atom stereocenters. The molecule has 2 fully saturated rings. The van der Waals surface area contributed by atoms with Crippen LogP contribution in [0.5, 0.6) is 0 Å². The Morgan fingerprint density at radius 1 is 0.667 bits per heavy atom. The Hall–Kier alpha value is 0.820. The number of hydrogen-bond donors (Lipinski definition) is 1. The lowest BCUT2D eigenvalue weighted by molar-refractivity contribution is -0.897. The lowest BCUT2D eigenvalue weighted by Crippen LogP contribution is -3.00. The molecule has 0 radical (unpaired) electrons. The van der Waals surface area contributed by atoms with Gasteiger partial charge in [0.1, 0.15) is 19.7 Å². The highest BCUT2D eigenvalue weighted by Gasteiger charge is 2.27. The Bertz CT molecular complexity index is 889. The minimum atomic E-state index is -3.25. The summed E-state index contributed by atoms with van der Waals surface area (Å²) in [7, 11) is 2.43. The van der Waals surface area contributed by atoms with Crippen molar-refractivity contribution in [3.05, 3.63) is 0 Å². The summed E-state index contributed by atoms with van der Waals surface area (Å²) in [6, 6.07) is 2.76. The zero-order valence-electron chi connectivity index (χ0n) is 32.8. The summed E-state index contributed by atoms with van der Waals surface area (Å²) in [5.41, 5.74) is 0. The second-order valence-electron chi connectivity index (χ2n) is 14.0. The standard InChI is InChI=1S/C8H18NO3S.2C8H19N.C7H16NO.CH3ClO2S.3ClH/c1-9(5-3-4-6-9)7-8-12-13(2,10)11;2*1-6-9(7(2)3)8(4)5;1-8(6-7-9)4-2-3-5-8;1-5(2,3)4;;;/h3-8H2,1-2H3;2*7-8H,6H2,1-5H3;9H,2-7H2,1H3;1H3;3*1H/q+1;;;+1;;;;/p-2. The molecule has 0 aliphatic carbocycles. The predicted molar refractivity (Wildman–Crippen MR) is 201 cm³/mol. The van der Waals surface area contributed by atoms with Crippen molar-refractivity contribution in [1.29, 1.82) is 0 Å². The van der Waals surface area contributed by atoms with Crippen LogP contribution < -0.4 is 24.8 Å². The maximum absolute atomic E-state index is 10.7. The van der Waals surface area contributed by atoms with Gasteiger partial charge in [0.05, 0.1) is 59.4 Å². The number of aliphatic hydroxyl groups is 1. The Labute approximate surface area is 321 Å². The first-order chi connectivity index (χ1) is 20.4. The molecule has 0 aromatic heterocycles. The normalized spacial score (nSPS) is 16.3. The van der Waals surface area contributed by atoms with Gasteiger partial charge in [-0.1, -0.05) is 13.8 Å². The average Bonchev–Trinajstić information content (AvgIpc) is 3.47. The SMILES string of the molecule is CCN(C(C)C)C(C)C.CCN(C(C)C)C(C)C.CS(=O)(=O)Cl.C[N+]1(CCO)CCCC1.C[N+]1(CCOS(C)(=O)=O)CCCC1.Cl.[Cl-].[Cl-]. The molecule has 2 rings (SSSR count). The molecule has 2 aliphatic heterocycles. The largest absolute Gasteiger partial charge is 1.00 e. The Kier molecular flexibility index (Phi) is 39.8. The Morgan fingerprint density at radius 3 is 1.08 bits per heavy atom. The summed E-state index contributed by atoms with van der Waals surface area (Å²) < 4.78 is 46.9. The second-order valence-corrected chi connectivity index (χ2v) is 18.7. The van der Waals surface area contributed by atoms with Gasteiger partial charge in [0.25, 0.3) is 10.1 Å². The number of aliphatic hydroxyl groups excluding tert-OH is 1. The molecular weight excluding hydrogens is 742 g/mol. The molecule has 2 heterocycles. The minimum absolute atomic E-state index is 0. The minimum Gasteiger partial charge on any atom is -1.00 e. The van der Waals surface area contributed by atoms with Gasteiger partial charge in [0.2, 0.25) is 9.05 Å². The number of nitrogens with zero attached hydrogens (tertiary/aromatic N) is 4. The fourth-order valence-corrected chi connectivity index (χ4v) is 6.33. The molecule has 0 amide bonds. The van der Waals surface area contributed by atoms with E-state index in [2.05, 4.69) is 104 Å². The number of likely N-dealkylation sites (tertiary alicyclic amines) is 2. The van der Waals surface area contributed by atoms with E-state index in [1.807, 2.05) is 0 Å². The molecule has 0 unspecified atom stereocenters. The summed E-state index contributed by atoms with van der Waals surface area (Å²) in [6.07, 6.45) is 7.20. The fraction of sp³-hybridized carbons (Fsp3) is 1.00. The maximum atomic E-state index is 10.7. The summed E-state index contributed by atoms with van der Waals surface area (Å²) >= 11 is 0. The number of halogens is 4. The third-order valence-electron chi connectivity index (χ3n) is 8.24. The van der Waals surface area contributed by atoms with Crippen LogP contribution in [0.2, 0.25) is 0 Å². The first-order valence-corrected chi connectivity index (χ1v) is 21.4. The summed E-state index contributed by atoms with van der Waals surface area (Å²) in [5.74, 6) is 0. The van der Waals surface area contributed by atoms with Crippen LogP contribution in [0.15, 0.2) is 0 Å². The van der Waals surface area contributed by atoms with E-state index in [1.165, 1.54) is 38.8 Å². The van der Waals surface area contributed by atoms with E-state index >= 15 is 0 Å². The monoisotopic (exact) mass is 816 g/mol. The predicted octanol–water partition coefficient (Wildman–Crippen LogP) is -0.713. The number of quaternary nitrogens is 2. The van der Waals surface area contributed by atoms with Crippen molar-refractivity contribution in [3.63, 3.8) is 0 Å². The van der Waals surface area contributed by atoms with Crippen LogP contribution in [-0.4, -0.2) is 157 Å². The van der Waals surface area contributed by atoms with Crippen LogP contribution in [-0.2, 0) is 23.4 Å². The quantitative estimate of drug-likeness (QED) is 0.157. The second kappa shape index (κ2) is 31.4. The molecule has 10 nitrogen and oxygen atoms in total. The van der Waals surface area contributed by atoms with E-state index in [0.717, 1.165) is 60.7 Å². The molecule has 2 aliphatic rings. The molecular formula is C32H76Cl4N4O6S2. The maximum Gasteiger partial charge on any atom is 0.264 e. The molecule has 0 spiro atoms. The molecule has 1 N–H and O–H groups in total. The van der Waals surface area contributed by atoms with E-state index in [9.17, 15) is 16.8 Å². The van der Waals surface area contributed by atoms with Gasteiger partial charge in [-0.05, 0) is 68.5 Å². The highest BCUT2D eigenvalue weighted by Crippen LogP contribution is 2.16. The van der Waals surface area contributed by atoms with Gasteiger partial charge in [0, 0.05) is 60.5 Å². The molecule has 0 saturated carbocycles. The summed E-state index contributed by atoms with van der Waals surface area (Å²) in [4.78, 5) is 4.92. The van der Waals surface area contributed by atoms with Crippen molar-refractivity contribution >= 4 is 42.3 Å². The van der Waals surface area contributed by atoms with E-state index in [1.54, 1.807) is 0 Å². The van der Waals surface area contributed by atoms with Crippen molar-refractivity contribution in [1.82, 2.24) is 9.80 Å². The third kappa shape index (κ3) is 38.1. The van der Waals surface area contributed by atoms with Gasteiger partial charge in [-0.3, -0.25) is 14.0 Å². The van der Waals surface area contributed by atoms with Crippen LogP contribution in [0.3, 0.4) is 0 Å². The zero-order chi connectivity index (χ0) is 36.1. The van der Waals surface area contributed by atoms with Gasteiger partial charge in [-0.2, -0.15) is 8.42 Å². The molecule has 48 heavy (non-hydrogen) atoms. The van der Waals surface area contributed by atoms with Gasteiger partial charge >= 0.3 is 0 Å². The Morgan fingerprint density at radius 2 is 0.917 bits per heavy atom. The highest BCUT2D eigenvalue weighted by molar-refractivity contribution is 8.13. The van der Waals surface area contributed by atoms with Crippen molar-refractivity contribution in [2.24, 2.45) is 0 Å². The van der Waals surface area contributed by atoms with Crippen LogP contribution in [0.1, 0.15) is 94.9 Å². The van der Waals surface area contributed by atoms with Gasteiger partial charge in [0.15, 0.2) is 0 Å². The van der Waals surface area contributed by atoms with Crippen LogP contribution in [0.4, 0.5) is 0 Å². The molecule has 0 bridgehead atoms. The lowest BCUT2D eigenvalue weighted by Gasteiger charge is -2.28. The smallest absolute Gasteiger partial charge is 0.264 e. The molecule has 300 valence electrons. The average molecular weight is 819 g/mol. The number of rotatable bonds is 12. The van der Waals surface area contributed by atoms with Crippen molar-refractivity contribution in [3.8, 4) is 0 Å². The fourth-order valence-electron chi connectivity index (χ4n) is 5.95. The number of hydrogen-bond acceptors (Lipinski definition) is 8. The summed E-state index contributed by atoms with van der Waals surface area (Å²) in [6.45, 7) is 31.9. The topological polar surface area (TPSA) is 104 Å². The first-order valence-electron chi connectivity index (χ1n) is 16.9. The van der Waals surface area contributed by atoms with Crippen molar-refractivity contribution in [2.75, 3.05) is 92.2 Å². The molecule has 0 aromatic carbocycles. The molecule has 2 saturated heterocycles. The molecule has 0 aromatic rings. The van der Waals surface area contributed by atoms with E-state index in [4.69, 9.17) is 9.29 Å². The van der Waals surface area contributed by atoms with Gasteiger partial charge < -0.3 is 38.9 Å². The third-order valence-corrected chi connectivity index (χ3v) is 8.84. The summed E-state index contributed by atoms with van der Waals surface area (Å²) in [5, 5.41) is 8.68.